The Labute approximate surface area is 116 Å². The van der Waals surface area contributed by atoms with E-state index in [2.05, 4.69) is 15.2 Å². The van der Waals surface area contributed by atoms with Crippen molar-refractivity contribution in [2.45, 2.75) is 6.92 Å². The maximum atomic E-state index is 12.5. The third-order valence-electron chi connectivity index (χ3n) is 3.24. The van der Waals surface area contributed by atoms with Crippen molar-refractivity contribution < 1.29 is 4.79 Å². The van der Waals surface area contributed by atoms with E-state index >= 15 is 0 Å². The highest BCUT2D eigenvalue weighted by molar-refractivity contribution is 6.09. The Morgan fingerprint density at radius 3 is 2.75 bits per heavy atom. The summed E-state index contributed by atoms with van der Waals surface area (Å²) in [6.07, 6.45) is 1.34. The molecule has 0 spiro atoms. The summed E-state index contributed by atoms with van der Waals surface area (Å²) in [6.45, 7) is 2.50. The zero-order chi connectivity index (χ0) is 13.9. The van der Waals surface area contributed by atoms with Gasteiger partial charge < -0.3 is 4.90 Å². The number of aromatic amines is 1. The van der Waals surface area contributed by atoms with Gasteiger partial charge in [-0.05, 0) is 18.4 Å². The first kappa shape index (κ1) is 12.3. The highest BCUT2D eigenvalue weighted by Gasteiger charge is 2.20. The molecule has 0 unspecified atom stereocenters. The fourth-order valence-corrected chi connectivity index (χ4v) is 2.30. The summed E-state index contributed by atoms with van der Waals surface area (Å²) in [4.78, 5) is 18.1. The second-order valence-electron chi connectivity index (χ2n) is 4.38. The van der Waals surface area contributed by atoms with E-state index in [0.29, 0.717) is 6.54 Å². The molecule has 1 amide bonds. The molecule has 5 nitrogen and oxygen atoms in total. The maximum absolute atomic E-state index is 12.5. The van der Waals surface area contributed by atoms with Gasteiger partial charge in [0.25, 0.3) is 5.91 Å². The number of benzene rings is 2. The minimum Gasteiger partial charge on any atom is -0.305 e. The Balaban J connectivity index is 2.10. The number of hydrogen-bond acceptors (Lipinski definition) is 3. The van der Waals surface area contributed by atoms with Crippen LogP contribution in [0.3, 0.4) is 0 Å². The first-order valence-electron chi connectivity index (χ1n) is 6.46. The van der Waals surface area contributed by atoms with Crippen molar-refractivity contribution in [3.05, 3.63) is 54.6 Å². The fraction of sp³-hybridized carbons (Fsp3) is 0.133. The van der Waals surface area contributed by atoms with E-state index in [1.54, 1.807) is 4.90 Å². The van der Waals surface area contributed by atoms with E-state index in [9.17, 15) is 4.79 Å². The quantitative estimate of drug-likeness (QED) is 0.792. The average molecular weight is 266 g/mol. The molecule has 0 fully saturated rings. The number of nitrogens with zero attached hydrogens (tertiary/aromatic N) is 3. The fourth-order valence-electron chi connectivity index (χ4n) is 2.30. The lowest BCUT2D eigenvalue weighted by Gasteiger charge is -2.21. The smallest absolute Gasteiger partial charge is 0.295 e. The minimum absolute atomic E-state index is 0.179. The van der Waals surface area contributed by atoms with Crippen LogP contribution in [0, 0.1) is 0 Å². The average Bonchev–Trinajstić information content (AvgIpc) is 3.02. The molecule has 0 saturated carbocycles. The number of hydrogen-bond donors (Lipinski definition) is 1. The summed E-state index contributed by atoms with van der Waals surface area (Å²) in [5.41, 5.74) is 0.881. The number of rotatable bonds is 3. The van der Waals surface area contributed by atoms with Gasteiger partial charge in [0.1, 0.15) is 6.33 Å². The number of carbonyl (C=O) groups is 1. The highest BCUT2D eigenvalue weighted by atomic mass is 16.2. The van der Waals surface area contributed by atoms with Crippen molar-refractivity contribution in [1.29, 1.82) is 0 Å². The molecule has 0 aliphatic heterocycles. The standard InChI is InChI=1S/C15H14N4O/c1-2-19(15(20)14-16-10-17-18-14)13-9-5-7-11-6-3-4-8-12(11)13/h3-10H,2H2,1H3,(H,16,17,18). The number of fused-ring (bicyclic) bond motifs is 1. The lowest BCUT2D eigenvalue weighted by atomic mass is 10.1. The molecule has 1 N–H and O–H groups in total. The van der Waals surface area contributed by atoms with Gasteiger partial charge in [-0.1, -0.05) is 36.4 Å². The van der Waals surface area contributed by atoms with Crippen LogP contribution in [0.5, 0.6) is 0 Å². The predicted octanol–water partition coefficient (Wildman–Crippen LogP) is 2.62. The van der Waals surface area contributed by atoms with E-state index in [1.165, 1.54) is 6.33 Å². The molecule has 0 radical (unpaired) electrons. The van der Waals surface area contributed by atoms with E-state index in [0.717, 1.165) is 16.5 Å². The lowest BCUT2D eigenvalue weighted by Crippen LogP contribution is -2.31. The zero-order valence-electron chi connectivity index (χ0n) is 11.1. The van der Waals surface area contributed by atoms with E-state index < -0.39 is 0 Å². The Morgan fingerprint density at radius 2 is 2.00 bits per heavy atom. The molecule has 0 bridgehead atoms. The normalized spacial score (nSPS) is 10.7. The minimum atomic E-state index is -0.179. The second-order valence-corrected chi connectivity index (χ2v) is 4.38. The van der Waals surface area contributed by atoms with E-state index in [4.69, 9.17) is 0 Å². The van der Waals surface area contributed by atoms with Crippen molar-refractivity contribution in [3.63, 3.8) is 0 Å². The Bertz CT molecular complexity index is 731. The van der Waals surface area contributed by atoms with Crippen LogP contribution >= 0.6 is 0 Å². The highest BCUT2D eigenvalue weighted by Crippen LogP contribution is 2.27. The molecule has 0 aliphatic rings. The molecule has 0 saturated heterocycles. The molecule has 100 valence electrons. The van der Waals surface area contributed by atoms with Gasteiger partial charge in [-0.25, -0.2) is 4.98 Å². The van der Waals surface area contributed by atoms with Crippen LogP contribution in [0.25, 0.3) is 10.8 Å². The molecular weight excluding hydrogens is 252 g/mol. The first-order chi connectivity index (χ1) is 9.81. The van der Waals surface area contributed by atoms with Crippen molar-refractivity contribution in [2.75, 3.05) is 11.4 Å². The molecule has 3 rings (SSSR count). The number of H-pyrrole nitrogens is 1. The van der Waals surface area contributed by atoms with Gasteiger partial charge in [-0.3, -0.25) is 9.89 Å². The largest absolute Gasteiger partial charge is 0.305 e. The lowest BCUT2D eigenvalue weighted by molar-refractivity contribution is 0.0979. The number of amides is 1. The first-order valence-corrected chi connectivity index (χ1v) is 6.46. The molecule has 2 aromatic carbocycles. The van der Waals surface area contributed by atoms with Gasteiger partial charge in [-0.2, -0.15) is 5.10 Å². The number of anilines is 1. The molecule has 0 atom stereocenters. The molecule has 0 aliphatic carbocycles. The molecule has 20 heavy (non-hydrogen) atoms. The third-order valence-corrected chi connectivity index (χ3v) is 3.24. The van der Waals surface area contributed by atoms with Gasteiger partial charge in [-0.15, -0.1) is 0 Å². The summed E-state index contributed by atoms with van der Waals surface area (Å²) >= 11 is 0. The van der Waals surface area contributed by atoms with Gasteiger partial charge in [0.05, 0.1) is 5.69 Å². The van der Waals surface area contributed by atoms with Crippen LogP contribution < -0.4 is 4.90 Å². The topological polar surface area (TPSA) is 61.9 Å². The Morgan fingerprint density at radius 1 is 1.20 bits per heavy atom. The third kappa shape index (κ3) is 2.03. The van der Waals surface area contributed by atoms with Gasteiger partial charge in [0.2, 0.25) is 5.82 Å². The summed E-state index contributed by atoms with van der Waals surface area (Å²) in [5.74, 6) is 0.0705. The van der Waals surface area contributed by atoms with Crippen LogP contribution in [0.2, 0.25) is 0 Å². The van der Waals surface area contributed by atoms with Crippen molar-refractivity contribution >= 4 is 22.4 Å². The summed E-state index contributed by atoms with van der Waals surface area (Å²) in [7, 11) is 0. The summed E-state index contributed by atoms with van der Waals surface area (Å²) < 4.78 is 0. The Kier molecular flexibility index (Phi) is 3.16. The van der Waals surface area contributed by atoms with Gasteiger partial charge in [0.15, 0.2) is 0 Å². The van der Waals surface area contributed by atoms with Gasteiger partial charge in [0, 0.05) is 11.9 Å². The molecule has 3 aromatic rings. The monoisotopic (exact) mass is 266 g/mol. The van der Waals surface area contributed by atoms with Crippen LogP contribution in [-0.2, 0) is 0 Å². The van der Waals surface area contributed by atoms with Crippen LogP contribution in [0.1, 0.15) is 17.5 Å². The zero-order valence-corrected chi connectivity index (χ0v) is 11.1. The van der Waals surface area contributed by atoms with Crippen LogP contribution in [0.15, 0.2) is 48.8 Å². The van der Waals surface area contributed by atoms with Crippen molar-refractivity contribution in [1.82, 2.24) is 15.2 Å². The second kappa shape index (κ2) is 5.13. The molecule has 5 heteroatoms. The van der Waals surface area contributed by atoms with Crippen molar-refractivity contribution in [2.24, 2.45) is 0 Å². The van der Waals surface area contributed by atoms with E-state index in [1.807, 2.05) is 49.4 Å². The molecule has 1 aromatic heterocycles. The number of nitrogens with one attached hydrogen (secondary N) is 1. The van der Waals surface area contributed by atoms with Crippen LogP contribution in [-0.4, -0.2) is 27.6 Å². The molecular formula is C15H14N4O. The van der Waals surface area contributed by atoms with E-state index in [-0.39, 0.29) is 11.7 Å². The molecule has 1 heterocycles. The number of carbonyl (C=O) groups excluding carboxylic acids is 1. The summed E-state index contributed by atoms with van der Waals surface area (Å²) in [5, 5.41) is 8.50. The predicted molar refractivity (Wildman–Crippen MR) is 77.7 cm³/mol. The Hall–Kier alpha value is -2.69. The van der Waals surface area contributed by atoms with Crippen molar-refractivity contribution in [3.8, 4) is 0 Å². The number of aromatic nitrogens is 3. The van der Waals surface area contributed by atoms with Gasteiger partial charge >= 0.3 is 0 Å². The SMILES string of the molecule is CCN(C(=O)c1ncn[nH]1)c1cccc2ccccc12. The summed E-state index contributed by atoms with van der Waals surface area (Å²) in [6, 6.07) is 13.9. The maximum Gasteiger partial charge on any atom is 0.295 e. The van der Waals surface area contributed by atoms with Crippen LogP contribution in [0.4, 0.5) is 5.69 Å².